The summed E-state index contributed by atoms with van der Waals surface area (Å²) in [5.74, 6) is 1.05. The number of carbonyl (C=O) groups is 1. The molecule has 4 heteroatoms. The fourth-order valence-electron chi connectivity index (χ4n) is 3.77. The number of amides is 1. The molecule has 0 bridgehead atoms. The Morgan fingerprint density at radius 1 is 1.33 bits per heavy atom. The van der Waals surface area contributed by atoms with Gasteiger partial charge in [0, 0.05) is 12.6 Å². The normalized spacial score (nSPS) is 40.6. The molecule has 0 aromatic rings. The first-order valence-corrected chi connectivity index (χ1v) is 7.40. The number of hydrogen-bond donors (Lipinski definition) is 1. The molecule has 1 N–H and O–H groups in total. The minimum absolute atomic E-state index is 0.0682. The molecule has 18 heavy (non-hydrogen) atoms. The van der Waals surface area contributed by atoms with Crippen LogP contribution in [-0.2, 0) is 9.53 Å². The summed E-state index contributed by atoms with van der Waals surface area (Å²) in [5, 5.41) is 3.58. The molecule has 0 radical (unpaired) electrons. The highest BCUT2D eigenvalue weighted by Gasteiger charge is 2.40. The lowest BCUT2D eigenvalue weighted by Crippen LogP contribution is -2.53. The molecule has 2 saturated heterocycles. The molecule has 1 aliphatic carbocycles. The van der Waals surface area contributed by atoms with Gasteiger partial charge in [0.05, 0.1) is 25.3 Å². The number of hydrogen-bond acceptors (Lipinski definition) is 3. The second-order valence-corrected chi connectivity index (χ2v) is 6.06. The molecule has 4 atom stereocenters. The largest absolute Gasteiger partial charge is 0.377 e. The Labute approximate surface area is 109 Å². The minimum Gasteiger partial charge on any atom is -0.377 e. The minimum atomic E-state index is 0.0682. The standard InChI is InChI=1S/C14H24N2O2/c1-10-9-18-7-6-16(10)14(17)13-8-11-4-2-3-5-12(11)15-13/h10-13,15H,2-9H2,1H3. The van der Waals surface area contributed by atoms with Gasteiger partial charge in [-0.2, -0.15) is 0 Å². The van der Waals surface area contributed by atoms with Crippen LogP contribution in [0.5, 0.6) is 0 Å². The lowest BCUT2D eigenvalue weighted by Gasteiger charge is -2.35. The molecule has 4 unspecified atom stereocenters. The van der Waals surface area contributed by atoms with E-state index in [4.69, 9.17) is 4.74 Å². The van der Waals surface area contributed by atoms with E-state index in [-0.39, 0.29) is 12.1 Å². The van der Waals surface area contributed by atoms with Crippen LogP contribution in [0.25, 0.3) is 0 Å². The summed E-state index contributed by atoms with van der Waals surface area (Å²) < 4.78 is 5.41. The fraction of sp³-hybridized carbons (Fsp3) is 0.929. The summed E-state index contributed by atoms with van der Waals surface area (Å²) in [6.45, 7) is 4.22. The highest BCUT2D eigenvalue weighted by atomic mass is 16.5. The van der Waals surface area contributed by atoms with E-state index < -0.39 is 0 Å². The van der Waals surface area contributed by atoms with E-state index in [1.165, 1.54) is 25.7 Å². The van der Waals surface area contributed by atoms with Crippen LogP contribution in [0.1, 0.15) is 39.0 Å². The summed E-state index contributed by atoms with van der Waals surface area (Å²) >= 11 is 0. The van der Waals surface area contributed by atoms with Gasteiger partial charge in [0.15, 0.2) is 0 Å². The third kappa shape index (κ3) is 2.28. The zero-order valence-electron chi connectivity index (χ0n) is 11.2. The number of ether oxygens (including phenoxy) is 1. The number of fused-ring (bicyclic) bond motifs is 1. The molecule has 1 amide bonds. The summed E-state index contributed by atoms with van der Waals surface area (Å²) in [6, 6.07) is 0.901. The van der Waals surface area contributed by atoms with Gasteiger partial charge in [-0.1, -0.05) is 12.8 Å². The topological polar surface area (TPSA) is 41.6 Å². The van der Waals surface area contributed by atoms with Gasteiger partial charge in [-0.15, -0.1) is 0 Å². The van der Waals surface area contributed by atoms with E-state index in [0.29, 0.717) is 25.2 Å². The molecule has 0 spiro atoms. The van der Waals surface area contributed by atoms with Gasteiger partial charge in [-0.25, -0.2) is 0 Å². The summed E-state index contributed by atoms with van der Waals surface area (Å²) in [6.07, 6.45) is 6.28. The maximum atomic E-state index is 12.6. The molecule has 0 aromatic heterocycles. The first-order valence-electron chi connectivity index (χ1n) is 7.40. The molecule has 2 aliphatic heterocycles. The monoisotopic (exact) mass is 252 g/mol. The van der Waals surface area contributed by atoms with Crippen molar-refractivity contribution in [3.05, 3.63) is 0 Å². The van der Waals surface area contributed by atoms with Crippen molar-refractivity contribution in [2.45, 2.75) is 57.2 Å². The molecule has 3 rings (SSSR count). The zero-order valence-corrected chi connectivity index (χ0v) is 11.2. The highest BCUT2D eigenvalue weighted by Crippen LogP contribution is 2.33. The number of nitrogens with zero attached hydrogens (tertiary/aromatic N) is 1. The van der Waals surface area contributed by atoms with Crippen LogP contribution in [0.15, 0.2) is 0 Å². The van der Waals surface area contributed by atoms with Crippen molar-refractivity contribution >= 4 is 5.91 Å². The lowest BCUT2D eigenvalue weighted by atomic mass is 9.85. The molecule has 4 nitrogen and oxygen atoms in total. The average molecular weight is 252 g/mol. The van der Waals surface area contributed by atoms with Gasteiger partial charge in [-0.3, -0.25) is 4.79 Å². The molecule has 1 saturated carbocycles. The summed E-state index contributed by atoms with van der Waals surface area (Å²) in [4.78, 5) is 14.6. The fourth-order valence-corrected chi connectivity index (χ4v) is 3.77. The maximum absolute atomic E-state index is 12.6. The van der Waals surface area contributed by atoms with Crippen LogP contribution < -0.4 is 5.32 Å². The Bertz CT molecular complexity index is 307. The van der Waals surface area contributed by atoms with E-state index in [1.54, 1.807) is 0 Å². The Morgan fingerprint density at radius 2 is 2.17 bits per heavy atom. The SMILES string of the molecule is CC1COCCN1C(=O)C1CC2CCCCC2N1. The second kappa shape index (κ2) is 5.17. The maximum Gasteiger partial charge on any atom is 0.240 e. The van der Waals surface area contributed by atoms with Crippen molar-refractivity contribution in [2.24, 2.45) is 5.92 Å². The second-order valence-electron chi connectivity index (χ2n) is 6.06. The Balaban J connectivity index is 1.62. The molecule has 102 valence electrons. The Hall–Kier alpha value is -0.610. The van der Waals surface area contributed by atoms with Crippen molar-refractivity contribution in [3.8, 4) is 0 Å². The van der Waals surface area contributed by atoms with E-state index in [0.717, 1.165) is 18.9 Å². The number of morpholine rings is 1. The smallest absolute Gasteiger partial charge is 0.240 e. The van der Waals surface area contributed by atoms with Crippen molar-refractivity contribution in [3.63, 3.8) is 0 Å². The summed E-state index contributed by atoms with van der Waals surface area (Å²) in [5.41, 5.74) is 0. The van der Waals surface area contributed by atoms with Crippen LogP contribution in [0.2, 0.25) is 0 Å². The van der Waals surface area contributed by atoms with Crippen LogP contribution in [0.3, 0.4) is 0 Å². The van der Waals surface area contributed by atoms with Gasteiger partial charge in [0.1, 0.15) is 0 Å². The quantitative estimate of drug-likeness (QED) is 0.761. The lowest BCUT2D eigenvalue weighted by molar-refractivity contribution is -0.141. The molecular weight excluding hydrogens is 228 g/mol. The molecule has 3 aliphatic rings. The zero-order chi connectivity index (χ0) is 12.5. The van der Waals surface area contributed by atoms with E-state index in [9.17, 15) is 4.79 Å². The van der Waals surface area contributed by atoms with Gasteiger partial charge in [0.25, 0.3) is 0 Å². The van der Waals surface area contributed by atoms with Crippen LogP contribution in [0.4, 0.5) is 0 Å². The highest BCUT2D eigenvalue weighted by molar-refractivity contribution is 5.82. The number of rotatable bonds is 1. The summed E-state index contributed by atoms with van der Waals surface area (Å²) in [7, 11) is 0. The third-order valence-electron chi connectivity index (χ3n) is 4.81. The third-order valence-corrected chi connectivity index (χ3v) is 4.81. The Morgan fingerprint density at radius 3 is 2.94 bits per heavy atom. The van der Waals surface area contributed by atoms with Gasteiger partial charge >= 0.3 is 0 Å². The molecule has 2 heterocycles. The van der Waals surface area contributed by atoms with Crippen LogP contribution in [0, 0.1) is 5.92 Å². The average Bonchev–Trinajstić information content (AvgIpc) is 2.82. The predicted octanol–water partition coefficient (Wildman–Crippen LogP) is 1.15. The van der Waals surface area contributed by atoms with Crippen LogP contribution >= 0.6 is 0 Å². The number of nitrogens with one attached hydrogen (secondary N) is 1. The number of carbonyl (C=O) groups excluding carboxylic acids is 1. The van der Waals surface area contributed by atoms with Gasteiger partial charge < -0.3 is 15.0 Å². The van der Waals surface area contributed by atoms with E-state index in [2.05, 4.69) is 12.2 Å². The first-order chi connectivity index (χ1) is 8.75. The van der Waals surface area contributed by atoms with E-state index in [1.807, 2.05) is 4.90 Å². The first kappa shape index (κ1) is 12.4. The molecule has 0 aromatic carbocycles. The van der Waals surface area contributed by atoms with E-state index >= 15 is 0 Å². The van der Waals surface area contributed by atoms with Gasteiger partial charge in [0.2, 0.25) is 5.91 Å². The van der Waals surface area contributed by atoms with Crippen molar-refractivity contribution < 1.29 is 9.53 Å². The van der Waals surface area contributed by atoms with Gasteiger partial charge in [-0.05, 0) is 32.1 Å². The predicted molar refractivity (Wildman–Crippen MR) is 69.3 cm³/mol. The molecule has 3 fully saturated rings. The van der Waals surface area contributed by atoms with Crippen molar-refractivity contribution in [1.82, 2.24) is 10.2 Å². The van der Waals surface area contributed by atoms with Crippen molar-refractivity contribution in [2.75, 3.05) is 19.8 Å². The van der Waals surface area contributed by atoms with Crippen LogP contribution in [-0.4, -0.2) is 48.7 Å². The Kier molecular flexibility index (Phi) is 3.57. The molecular formula is C14H24N2O2. The van der Waals surface area contributed by atoms with Crippen molar-refractivity contribution in [1.29, 1.82) is 0 Å².